The van der Waals surface area contributed by atoms with Crippen molar-refractivity contribution in [1.82, 2.24) is 5.32 Å². The van der Waals surface area contributed by atoms with E-state index in [-0.39, 0.29) is 12.8 Å². The van der Waals surface area contributed by atoms with Crippen LogP contribution in [0, 0.1) is 11.6 Å². The largest absolute Gasteiger partial charge is 0.366 e. The molecule has 1 aliphatic heterocycles. The minimum Gasteiger partial charge on any atom is -0.366 e. The number of carbonyl (C=O) groups is 3. The van der Waals surface area contributed by atoms with Crippen molar-refractivity contribution in [1.29, 1.82) is 0 Å². The van der Waals surface area contributed by atoms with Gasteiger partial charge in [0, 0.05) is 30.2 Å². The van der Waals surface area contributed by atoms with Gasteiger partial charge in [0.25, 0.3) is 5.91 Å². The Kier molecular flexibility index (Phi) is 6.68. The molecule has 0 aromatic heterocycles. The van der Waals surface area contributed by atoms with Gasteiger partial charge in [0.05, 0.1) is 11.4 Å². The number of para-hydroxylation sites is 1. The Morgan fingerprint density at radius 3 is 2.43 bits per heavy atom. The molecule has 3 aromatic carbocycles. The van der Waals surface area contributed by atoms with E-state index in [1.807, 2.05) is 12.1 Å². The van der Waals surface area contributed by atoms with E-state index in [9.17, 15) is 23.2 Å². The molecule has 0 radical (unpaired) electrons. The Hall–Kier alpha value is -4.40. The first-order valence-corrected chi connectivity index (χ1v) is 10.8. The molecule has 0 spiro atoms. The van der Waals surface area contributed by atoms with E-state index in [0.29, 0.717) is 33.7 Å². The molecule has 0 fully saturated rings. The van der Waals surface area contributed by atoms with Crippen LogP contribution < -0.4 is 16.0 Å². The maximum Gasteiger partial charge on any atom is 0.272 e. The SMILES string of the molecule is CN1C(=O)[C@H](NC(=O)CCc2ccc(F)c(F)c2)N=C(c2ccc(C(N)=O)cc2)c2ccccc21. The van der Waals surface area contributed by atoms with Gasteiger partial charge in [0.1, 0.15) is 0 Å². The van der Waals surface area contributed by atoms with E-state index >= 15 is 0 Å². The van der Waals surface area contributed by atoms with Crippen molar-refractivity contribution < 1.29 is 23.2 Å². The predicted octanol–water partition coefficient (Wildman–Crippen LogP) is 2.95. The lowest BCUT2D eigenvalue weighted by Crippen LogP contribution is -2.46. The van der Waals surface area contributed by atoms with Crippen LogP contribution in [0.1, 0.15) is 33.5 Å². The van der Waals surface area contributed by atoms with Gasteiger partial charge in [-0.1, -0.05) is 36.4 Å². The smallest absolute Gasteiger partial charge is 0.272 e. The van der Waals surface area contributed by atoms with Gasteiger partial charge in [-0.15, -0.1) is 0 Å². The summed E-state index contributed by atoms with van der Waals surface area (Å²) < 4.78 is 26.6. The van der Waals surface area contributed by atoms with Gasteiger partial charge in [-0.05, 0) is 42.3 Å². The van der Waals surface area contributed by atoms with E-state index in [1.54, 1.807) is 43.4 Å². The minimum absolute atomic E-state index is 0.0519. The summed E-state index contributed by atoms with van der Waals surface area (Å²) in [6.07, 6.45) is -1.11. The second kappa shape index (κ2) is 9.84. The second-order valence-corrected chi connectivity index (χ2v) is 8.05. The first-order valence-electron chi connectivity index (χ1n) is 10.8. The van der Waals surface area contributed by atoms with Gasteiger partial charge in [-0.2, -0.15) is 0 Å². The van der Waals surface area contributed by atoms with Crippen molar-refractivity contribution in [2.45, 2.75) is 19.0 Å². The van der Waals surface area contributed by atoms with Crippen LogP contribution in [0.2, 0.25) is 0 Å². The highest BCUT2D eigenvalue weighted by Gasteiger charge is 2.30. The zero-order chi connectivity index (χ0) is 25.1. The van der Waals surface area contributed by atoms with Crippen molar-refractivity contribution >= 4 is 29.1 Å². The third-order valence-corrected chi connectivity index (χ3v) is 5.71. The Bertz CT molecular complexity index is 1340. The Balaban J connectivity index is 1.62. The first-order chi connectivity index (χ1) is 16.7. The number of aliphatic imine (C=N–C) groups is 1. The summed E-state index contributed by atoms with van der Waals surface area (Å²) in [5.74, 6) is -3.43. The van der Waals surface area contributed by atoms with E-state index in [2.05, 4.69) is 10.3 Å². The van der Waals surface area contributed by atoms with Crippen molar-refractivity contribution in [3.05, 3.63) is 101 Å². The molecule has 178 valence electrons. The van der Waals surface area contributed by atoms with Crippen LogP contribution in [0.25, 0.3) is 0 Å². The number of hydrogen-bond donors (Lipinski definition) is 2. The number of rotatable bonds is 6. The third-order valence-electron chi connectivity index (χ3n) is 5.71. The standard InChI is InChI=1S/C26H22F2N4O3/c1-32-21-5-3-2-4-18(21)23(16-8-10-17(11-9-16)24(29)34)31-25(26(32)35)30-22(33)13-7-15-6-12-19(27)20(28)14-15/h2-6,8-12,14,25H,7,13H2,1H3,(H2,29,34)(H,30,33)/t25-/m1/s1. The lowest BCUT2D eigenvalue weighted by atomic mass is 9.99. The van der Waals surface area contributed by atoms with E-state index in [0.717, 1.165) is 12.1 Å². The molecule has 1 aliphatic rings. The highest BCUT2D eigenvalue weighted by Crippen LogP contribution is 2.27. The van der Waals surface area contributed by atoms with Crippen LogP contribution >= 0.6 is 0 Å². The van der Waals surface area contributed by atoms with Crippen molar-refractivity contribution in [2.75, 3.05) is 11.9 Å². The van der Waals surface area contributed by atoms with Crippen LogP contribution in [0.5, 0.6) is 0 Å². The molecule has 1 heterocycles. The molecule has 35 heavy (non-hydrogen) atoms. The van der Waals surface area contributed by atoms with Crippen LogP contribution in [0.3, 0.4) is 0 Å². The fourth-order valence-corrected chi connectivity index (χ4v) is 3.82. The van der Waals surface area contributed by atoms with Gasteiger partial charge >= 0.3 is 0 Å². The molecule has 0 bridgehead atoms. The molecule has 1 atom stereocenters. The first kappa shape index (κ1) is 23.7. The van der Waals surface area contributed by atoms with E-state index in [1.165, 1.54) is 11.0 Å². The number of fused-ring (bicyclic) bond motifs is 1. The number of benzodiazepines with no additional fused rings is 1. The van der Waals surface area contributed by atoms with Gasteiger partial charge < -0.3 is 16.0 Å². The molecule has 7 nitrogen and oxygen atoms in total. The maximum absolute atomic E-state index is 13.4. The summed E-state index contributed by atoms with van der Waals surface area (Å²) in [4.78, 5) is 43.3. The Morgan fingerprint density at radius 2 is 1.74 bits per heavy atom. The van der Waals surface area contributed by atoms with Gasteiger partial charge in [0.15, 0.2) is 11.6 Å². The molecule has 4 rings (SSSR count). The van der Waals surface area contributed by atoms with E-state index in [4.69, 9.17) is 5.73 Å². The summed E-state index contributed by atoms with van der Waals surface area (Å²) in [5, 5.41) is 2.64. The average Bonchev–Trinajstić information content (AvgIpc) is 2.95. The average molecular weight is 476 g/mol. The van der Waals surface area contributed by atoms with Gasteiger partial charge in [-0.25, -0.2) is 13.8 Å². The molecular weight excluding hydrogens is 454 g/mol. The number of primary amides is 1. The van der Waals surface area contributed by atoms with Crippen LogP contribution in [0.4, 0.5) is 14.5 Å². The number of anilines is 1. The number of aryl methyl sites for hydroxylation is 1. The van der Waals surface area contributed by atoms with Gasteiger partial charge in [-0.3, -0.25) is 14.4 Å². The molecule has 0 unspecified atom stereocenters. The number of likely N-dealkylation sites (N-methyl/N-ethyl adjacent to an activating group) is 1. The van der Waals surface area contributed by atoms with Crippen LogP contribution in [0.15, 0.2) is 71.7 Å². The number of nitrogens with one attached hydrogen (secondary N) is 1. The number of benzene rings is 3. The topological polar surface area (TPSA) is 105 Å². The fraction of sp³-hybridized carbons (Fsp3) is 0.154. The summed E-state index contributed by atoms with van der Waals surface area (Å²) >= 11 is 0. The summed E-state index contributed by atoms with van der Waals surface area (Å²) in [6, 6.07) is 17.1. The van der Waals surface area contributed by atoms with Crippen LogP contribution in [-0.4, -0.2) is 36.6 Å². The summed E-state index contributed by atoms with van der Waals surface area (Å²) in [5.41, 5.74) is 8.48. The zero-order valence-electron chi connectivity index (χ0n) is 18.8. The lowest BCUT2D eigenvalue weighted by molar-refractivity contribution is -0.127. The maximum atomic E-state index is 13.4. The molecule has 3 N–H and O–H groups in total. The molecule has 3 aromatic rings. The summed E-state index contributed by atoms with van der Waals surface area (Å²) in [6.45, 7) is 0. The lowest BCUT2D eigenvalue weighted by Gasteiger charge is -2.20. The van der Waals surface area contributed by atoms with Crippen molar-refractivity contribution in [2.24, 2.45) is 10.7 Å². The monoisotopic (exact) mass is 476 g/mol. The minimum atomic E-state index is -1.21. The molecule has 0 saturated carbocycles. The molecule has 0 aliphatic carbocycles. The predicted molar refractivity (Wildman–Crippen MR) is 127 cm³/mol. The quantitative estimate of drug-likeness (QED) is 0.572. The van der Waals surface area contributed by atoms with E-state index < -0.39 is 35.5 Å². The van der Waals surface area contributed by atoms with Crippen molar-refractivity contribution in [3.8, 4) is 0 Å². The number of nitrogens with two attached hydrogens (primary N) is 1. The second-order valence-electron chi connectivity index (χ2n) is 8.05. The highest BCUT2D eigenvalue weighted by atomic mass is 19.2. The Labute approximate surface area is 200 Å². The molecular formula is C26H22F2N4O3. The molecule has 9 heteroatoms. The highest BCUT2D eigenvalue weighted by molar-refractivity contribution is 6.20. The normalized spacial score (nSPS) is 15.2. The Morgan fingerprint density at radius 1 is 1.03 bits per heavy atom. The molecule has 3 amide bonds. The van der Waals surface area contributed by atoms with Crippen molar-refractivity contribution in [3.63, 3.8) is 0 Å². The van der Waals surface area contributed by atoms with Gasteiger partial charge in [0.2, 0.25) is 18.0 Å². The number of hydrogen-bond acceptors (Lipinski definition) is 4. The molecule has 0 saturated heterocycles. The number of amides is 3. The third kappa shape index (κ3) is 5.08. The number of carbonyl (C=O) groups excluding carboxylic acids is 3. The number of halogens is 2. The summed E-state index contributed by atoms with van der Waals surface area (Å²) in [7, 11) is 1.59. The van der Waals surface area contributed by atoms with Crippen LogP contribution in [-0.2, 0) is 16.0 Å². The fourth-order valence-electron chi connectivity index (χ4n) is 3.82. The zero-order valence-corrected chi connectivity index (χ0v) is 18.8. The number of nitrogens with zero attached hydrogens (tertiary/aromatic N) is 2.